The molecular weight excluding hydrogens is 263 g/mol. The first kappa shape index (κ1) is 16.1. The Bertz CT molecular complexity index is 491. The lowest BCUT2D eigenvalue weighted by Gasteiger charge is -2.19. The topological polar surface area (TPSA) is 92.4 Å². The summed E-state index contributed by atoms with van der Waals surface area (Å²) in [5.41, 5.74) is 6.16. The van der Waals surface area contributed by atoms with E-state index in [0.29, 0.717) is 5.56 Å². The zero-order chi connectivity index (χ0) is 15.3. The van der Waals surface area contributed by atoms with Gasteiger partial charge in [-0.1, -0.05) is 26.0 Å². The molecule has 0 fully saturated rings. The van der Waals surface area contributed by atoms with E-state index >= 15 is 0 Å². The number of nitrogens with one attached hydrogen (secondary N) is 1. The Morgan fingerprint density at radius 3 is 2.55 bits per heavy atom. The standard InChI is InChI=1S/C14H19FN2O3/c1-8(2)12(16)13(18)17-11(14(19)20)7-9-4-3-5-10(15)6-9/h3-6,8,11-12H,7,16H2,1-2H3,(H,17,18)(H,19,20)/t11?,12-/m0/s1. The molecule has 1 aromatic carbocycles. The highest BCUT2D eigenvalue weighted by molar-refractivity contribution is 5.87. The van der Waals surface area contributed by atoms with Gasteiger partial charge in [0, 0.05) is 6.42 Å². The van der Waals surface area contributed by atoms with E-state index in [2.05, 4.69) is 5.32 Å². The van der Waals surface area contributed by atoms with Crippen LogP contribution in [0.3, 0.4) is 0 Å². The highest BCUT2D eigenvalue weighted by Crippen LogP contribution is 2.07. The zero-order valence-electron chi connectivity index (χ0n) is 11.5. The molecule has 0 aliphatic heterocycles. The number of benzene rings is 1. The molecule has 1 unspecified atom stereocenters. The van der Waals surface area contributed by atoms with Crippen LogP contribution < -0.4 is 11.1 Å². The number of halogens is 1. The Hall–Kier alpha value is -1.95. The highest BCUT2D eigenvalue weighted by atomic mass is 19.1. The lowest BCUT2D eigenvalue weighted by Crippen LogP contribution is -2.51. The minimum atomic E-state index is -1.18. The number of carbonyl (C=O) groups is 2. The van der Waals surface area contributed by atoms with E-state index in [-0.39, 0.29) is 12.3 Å². The van der Waals surface area contributed by atoms with Crippen LogP contribution in [0.25, 0.3) is 0 Å². The van der Waals surface area contributed by atoms with Gasteiger partial charge >= 0.3 is 5.97 Å². The van der Waals surface area contributed by atoms with Crippen LogP contribution in [0.5, 0.6) is 0 Å². The molecule has 0 spiro atoms. The van der Waals surface area contributed by atoms with Crippen molar-refractivity contribution in [2.24, 2.45) is 11.7 Å². The predicted octanol–water partition coefficient (Wildman–Crippen LogP) is 0.921. The monoisotopic (exact) mass is 282 g/mol. The van der Waals surface area contributed by atoms with Crippen LogP contribution in [0.2, 0.25) is 0 Å². The van der Waals surface area contributed by atoms with Crippen molar-refractivity contribution in [2.45, 2.75) is 32.4 Å². The molecule has 1 rings (SSSR count). The van der Waals surface area contributed by atoms with E-state index in [4.69, 9.17) is 10.8 Å². The maximum Gasteiger partial charge on any atom is 0.326 e. The summed E-state index contributed by atoms with van der Waals surface area (Å²) in [6.07, 6.45) is 0.00362. The van der Waals surface area contributed by atoms with Gasteiger partial charge in [0.05, 0.1) is 6.04 Å². The van der Waals surface area contributed by atoms with Gasteiger partial charge in [0.1, 0.15) is 11.9 Å². The fourth-order valence-corrected chi connectivity index (χ4v) is 1.67. The third kappa shape index (κ3) is 4.62. The van der Waals surface area contributed by atoms with E-state index in [0.717, 1.165) is 0 Å². The highest BCUT2D eigenvalue weighted by Gasteiger charge is 2.25. The summed E-state index contributed by atoms with van der Waals surface area (Å²) in [5.74, 6) is -2.25. The Morgan fingerprint density at radius 2 is 2.05 bits per heavy atom. The van der Waals surface area contributed by atoms with Crippen LogP contribution >= 0.6 is 0 Å². The summed E-state index contributed by atoms with van der Waals surface area (Å²) in [6, 6.07) is 3.70. The number of carboxylic acids is 1. The van der Waals surface area contributed by atoms with Gasteiger partial charge in [-0.05, 0) is 23.6 Å². The van der Waals surface area contributed by atoms with Gasteiger partial charge < -0.3 is 16.2 Å². The first-order valence-electron chi connectivity index (χ1n) is 6.34. The maximum absolute atomic E-state index is 13.1. The number of aliphatic carboxylic acids is 1. The van der Waals surface area contributed by atoms with Crippen molar-refractivity contribution in [1.82, 2.24) is 5.32 Å². The summed E-state index contributed by atoms with van der Waals surface area (Å²) >= 11 is 0. The second kappa shape index (κ2) is 7.00. The third-order valence-electron chi connectivity index (χ3n) is 2.96. The summed E-state index contributed by atoms with van der Waals surface area (Å²) in [6.45, 7) is 3.54. The molecule has 6 heteroatoms. The molecule has 2 atom stereocenters. The van der Waals surface area contributed by atoms with Crippen molar-refractivity contribution in [1.29, 1.82) is 0 Å². The van der Waals surface area contributed by atoms with Gasteiger partial charge in [-0.2, -0.15) is 0 Å². The Labute approximate surface area is 117 Å². The molecule has 1 amide bonds. The number of nitrogens with two attached hydrogens (primary N) is 1. The molecule has 0 heterocycles. The van der Waals surface area contributed by atoms with Crippen molar-refractivity contribution >= 4 is 11.9 Å². The fourth-order valence-electron chi connectivity index (χ4n) is 1.67. The van der Waals surface area contributed by atoms with Gasteiger partial charge in [0.2, 0.25) is 5.91 Å². The molecule has 0 bridgehead atoms. The van der Waals surface area contributed by atoms with E-state index < -0.39 is 29.8 Å². The molecule has 0 saturated carbocycles. The minimum Gasteiger partial charge on any atom is -0.480 e. The van der Waals surface area contributed by atoms with Gasteiger partial charge in [-0.3, -0.25) is 4.79 Å². The van der Waals surface area contributed by atoms with Crippen molar-refractivity contribution < 1.29 is 19.1 Å². The number of hydrogen-bond donors (Lipinski definition) is 3. The van der Waals surface area contributed by atoms with Gasteiger partial charge in [-0.25, -0.2) is 9.18 Å². The van der Waals surface area contributed by atoms with Crippen LogP contribution in [0, 0.1) is 11.7 Å². The first-order valence-corrected chi connectivity index (χ1v) is 6.34. The largest absolute Gasteiger partial charge is 0.480 e. The van der Waals surface area contributed by atoms with Crippen LogP contribution in [0.15, 0.2) is 24.3 Å². The van der Waals surface area contributed by atoms with Crippen molar-refractivity contribution in [2.75, 3.05) is 0 Å². The molecule has 1 aromatic rings. The lowest BCUT2D eigenvalue weighted by atomic mass is 10.0. The molecule has 0 aromatic heterocycles. The average molecular weight is 282 g/mol. The van der Waals surface area contributed by atoms with Gasteiger partial charge in [-0.15, -0.1) is 0 Å². The zero-order valence-corrected chi connectivity index (χ0v) is 11.5. The van der Waals surface area contributed by atoms with E-state index in [1.54, 1.807) is 19.9 Å². The van der Waals surface area contributed by atoms with E-state index in [1.807, 2.05) is 0 Å². The van der Waals surface area contributed by atoms with E-state index in [1.165, 1.54) is 18.2 Å². The second-order valence-electron chi connectivity index (χ2n) is 5.00. The fraction of sp³-hybridized carbons (Fsp3) is 0.429. The van der Waals surface area contributed by atoms with Gasteiger partial charge in [0.25, 0.3) is 0 Å². The van der Waals surface area contributed by atoms with Gasteiger partial charge in [0.15, 0.2) is 0 Å². The van der Waals surface area contributed by atoms with Crippen molar-refractivity contribution in [3.8, 4) is 0 Å². The molecule has 4 N–H and O–H groups in total. The third-order valence-corrected chi connectivity index (χ3v) is 2.96. The normalized spacial score (nSPS) is 13.8. The van der Waals surface area contributed by atoms with Crippen LogP contribution in [-0.2, 0) is 16.0 Å². The quantitative estimate of drug-likeness (QED) is 0.723. The molecule has 5 nitrogen and oxygen atoms in total. The molecule has 0 saturated heterocycles. The Balaban J connectivity index is 2.75. The molecule has 0 aliphatic rings. The number of hydrogen-bond acceptors (Lipinski definition) is 3. The van der Waals surface area contributed by atoms with Crippen LogP contribution in [0.4, 0.5) is 4.39 Å². The number of carboxylic acid groups (broad SMARTS) is 1. The van der Waals surface area contributed by atoms with E-state index in [9.17, 15) is 14.0 Å². The van der Waals surface area contributed by atoms with Crippen molar-refractivity contribution in [3.63, 3.8) is 0 Å². The lowest BCUT2D eigenvalue weighted by molar-refractivity contribution is -0.142. The number of rotatable bonds is 6. The Morgan fingerprint density at radius 1 is 1.40 bits per heavy atom. The SMILES string of the molecule is CC(C)[C@H](N)C(=O)NC(Cc1cccc(F)c1)C(=O)O. The maximum atomic E-state index is 13.1. The van der Waals surface area contributed by atoms with Crippen LogP contribution in [-0.4, -0.2) is 29.1 Å². The Kier molecular flexibility index (Phi) is 5.64. The summed E-state index contributed by atoms with van der Waals surface area (Å²) in [5, 5.41) is 11.5. The molecular formula is C14H19FN2O3. The molecule has 0 aliphatic carbocycles. The molecule has 110 valence electrons. The first-order chi connectivity index (χ1) is 9.31. The second-order valence-corrected chi connectivity index (χ2v) is 5.00. The molecule has 0 radical (unpaired) electrons. The summed E-state index contributed by atoms with van der Waals surface area (Å²) < 4.78 is 13.1. The molecule has 20 heavy (non-hydrogen) atoms. The van der Waals surface area contributed by atoms with Crippen LogP contribution in [0.1, 0.15) is 19.4 Å². The minimum absolute atomic E-state index is 0.00362. The average Bonchev–Trinajstić information content (AvgIpc) is 2.36. The predicted molar refractivity (Wildman–Crippen MR) is 72.5 cm³/mol. The smallest absolute Gasteiger partial charge is 0.326 e. The summed E-state index contributed by atoms with van der Waals surface area (Å²) in [7, 11) is 0. The number of carbonyl (C=O) groups excluding carboxylic acids is 1. The summed E-state index contributed by atoms with van der Waals surface area (Å²) in [4.78, 5) is 23.0. The number of amides is 1. The van der Waals surface area contributed by atoms with Crippen molar-refractivity contribution in [3.05, 3.63) is 35.6 Å².